The molecule has 3 nitrogen and oxygen atoms in total. The summed E-state index contributed by atoms with van der Waals surface area (Å²) in [6.07, 6.45) is 2.00. The minimum absolute atomic E-state index is 0.0100. The predicted octanol–water partition coefficient (Wildman–Crippen LogP) is 3.40. The van der Waals surface area contributed by atoms with E-state index < -0.39 is 0 Å². The Morgan fingerprint density at radius 2 is 2.06 bits per heavy atom. The molecule has 0 spiro atoms. The number of ether oxygens (including phenoxy) is 1. The number of aliphatic hydroxyl groups excluding tert-OH is 1. The van der Waals surface area contributed by atoms with Crippen LogP contribution in [0.2, 0.25) is 0 Å². The van der Waals surface area contributed by atoms with Crippen molar-refractivity contribution in [3.05, 3.63) is 47.7 Å². The number of hydrogen-bond donors (Lipinski definition) is 1. The van der Waals surface area contributed by atoms with Crippen LogP contribution in [-0.4, -0.2) is 16.3 Å². The van der Waals surface area contributed by atoms with Gasteiger partial charge in [0.1, 0.15) is 5.75 Å². The van der Waals surface area contributed by atoms with E-state index in [0.717, 1.165) is 21.9 Å². The first-order valence-corrected chi connectivity index (χ1v) is 6.84. The van der Waals surface area contributed by atoms with Crippen LogP contribution >= 0.6 is 11.8 Å². The zero-order valence-corrected chi connectivity index (χ0v) is 11.2. The Balaban J connectivity index is 2.30. The molecule has 4 heteroatoms. The summed E-state index contributed by atoms with van der Waals surface area (Å²) in [5, 5.41) is 9.17. The Hall–Kier alpha value is -1.52. The molecule has 94 valence electrons. The molecule has 0 unspecified atom stereocenters. The van der Waals surface area contributed by atoms with Crippen LogP contribution in [0.3, 0.4) is 0 Å². The fourth-order valence-electron chi connectivity index (χ4n) is 1.67. The molecule has 1 N–H and O–H groups in total. The lowest BCUT2D eigenvalue weighted by molar-refractivity contribution is 0.281. The largest absolute Gasteiger partial charge is 0.438 e. The lowest BCUT2D eigenvalue weighted by Gasteiger charge is -2.10. The van der Waals surface area contributed by atoms with Crippen LogP contribution in [-0.2, 0) is 6.61 Å². The molecular weight excluding hydrogens is 246 g/mol. The molecule has 2 rings (SSSR count). The number of aromatic nitrogens is 1. The lowest BCUT2D eigenvalue weighted by Crippen LogP contribution is -1.94. The van der Waals surface area contributed by atoms with Crippen molar-refractivity contribution in [2.75, 3.05) is 6.26 Å². The topological polar surface area (TPSA) is 42.4 Å². The van der Waals surface area contributed by atoms with Crippen LogP contribution in [0, 0.1) is 6.92 Å². The van der Waals surface area contributed by atoms with Gasteiger partial charge in [0.05, 0.1) is 6.61 Å². The number of aliphatic hydroxyl groups is 1. The van der Waals surface area contributed by atoms with Gasteiger partial charge in [0.15, 0.2) is 0 Å². The van der Waals surface area contributed by atoms with Crippen molar-refractivity contribution >= 4 is 11.8 Å². The summed E-state index contributed by atoms with van der Waals surface area (Å²) in [7, 11) is 0. The summed E-state index contributed by atoms with van der Waals surface area (Å²) in [5.74, 6) is 1.30. The van der Waals surface area contributed by atoms with Crippen LogP contribution < -0.4 is 4.74 Å². The molecule has 0 bridgehead atoms. The van der Waals surface area contributed by atoms with Gasteiger partial charge in [0.2, 0.25) is 5.88 Å². The van der Waals surface area contributed by atoms with Gasteiger partial charge in [-0.3, -0.25) is 0 Å². The Bertz CT molecular complexity index is 543. The zero-order valence-electron chi connectivity index (χ0n) is 10.4. The van der Waals surface area contributed by atoms with Gasteiger partial charge in [-0.05, 0) is 36.9 Å². The molecule has 1 heterocycles. The van der Waals surface area contributed by atoms with Gasteiger partial charge < -0.3 is 9.84 Å². The monoisotopic (exact) mass is 261 g/mol. The second-order valence-electron chi connectivity index (χ2n) is 3.87. The van der Waals surface area contributed by atoms with Crippen LogP contribution in [0.5, 0.6) is 11.6 Å². The van der Waals surface area contributed by atoms with E-state index in [4.69, 9.17) is 9.84 Å². The standard InChI is InChI=1S/C14H15NO2S/c1-10-7-11(9-16)8-14(15-10)17-12-5-3-4-6-13(12)18-2/h3-8,16H,9H2,1-2H3. The minimum Gasteiger partial charge on any atom is -0.438 e. The highest BCUT2D eigenvalue weighted by Gasteiger charge is 2.06. The summed E-state index contributed by atoms with van der Waals surface area (Å²) in [6.45, 7) is 1.87. The third kappa shape index (κ3) is 3.03. The van der Waals surface area contributed by atoms with E-state index in [1.807, 2.05) is 43.5 Å². The van der Waals surface area contributed by atoms with Crippen LogP contribution in [0.1, 0.15) is 11.3 Å². The molecule has 0 atom stereocenters. The number of aryl methyl sites for hydroxylation is 1. The predicted molar refractivity (Wildman–Crippen MR) is 73.2 cm³/mol. The molecule has 0 amide bonds. The van der Waals surface area contributed by atoms with E-state index in [1.165, 1.54) is 0 Å². The molecular formula is C14H15NO2S. The first kappa shape index (κ1) is 12.9. The number of pyridine rings is 1. The molecule has 1 aromatic carbocycles. The number of para-hydroxylation sites is 1. The van der Waals surface area contributed by atoms with Crippen molar-refractivity contribution in [1.82, 2.24) is 4.98 Å². The number of nitrogens with zero attached hydrogens (tertiary/aromatic N) is 1. The number of thioether (sulfide) groups is 1. The minimum atomic E-state index is -0.0100. The Morgan fingerprint density at radius 3 is 2.78 bits per heavy atom. The molecule has 18 heavy (non-hydrogen) atoms. The second-order valence-corrected chi connectivity index (χ2v) is 4.71. The van der Waals surface area contributed by atoms with Crippen LogP contribution in [0.4, 0.5) is 0 Å². The van der Waals surface area contributed by atoms with Gasteiger partial charge >= 0.3 is 0 Å². The van der Waals surface area contributed by atoms with Gasteiger partial charge in [-0.2, -0.15) is 0 Å². The van der Waals surface area contributed by atoms with Crippen molar-refractivity contribution in [2.45, 2.75) is 18.4 Å². The van der Waals surface area contributed by atoms with Crippen molar-refractivity contribution in [3.63, 3.8) is 0 Å². The smallest absolute Gasteiger partial charge is 0.219 e. The molecule has 0 radical (unpaired) electrons. The highest BCUT2D eigenvalue weighted by atomic mass is 32.2. The van der Waals surface area contributed by atoms with Crippen molar-refractivity contribution in [3.8, 4) is 11.6 Å². The second kappa shape index (κ2) is 5.89. The molecule has 0 aliphatic rings. The maximum atomic E-state index is 9.17. The lowest BCUT2D eigenvalue weighted by atomic mass is 10.2. The SMILES string of the molecule is CSc1ccccc1Oc1cc(CO)cc(C)n1. The molecule has 0 saturated carbocycles. The van der Waals surface area contributed by atoms with Gasteiger partial charge in [0.25, 0.3) is 0 Å². The van der Waals surface area contributed by atoms with Crippen LogP contribution in [0.15, 0.2) is 41.3 Å². The Labute approximate surface area is 111 Å². The Morgan fingerprint density at radius 1 is 1.28 bits per heavy atom. The summed E-state index contributed by atoms with van der Waals surface area (Å²) in [6, 6.07) is 11.4. The normalized spacial score (nSPS) is 10.4. The fraction of sp³-hybridized carbons (Fsp3) is 0.214. The maximum Gasteiger partial charge on any atom is 0.219 e. The van der Waals surface area contributed by atoms with E-state index in [9.17, 15) is 0 Å². The van der Waals surface area contributed by atoms with Crippen LogP contribution in [0.25, 0.3) is 0 Å². The quantitative estimate of drug-likeness (QED) is 0.857. The first-order valence-electron chi connectivity index (χ1n) is 5.62. The van der Waals surface area contributed by atoms with Gasteiger partial charge in [-0.1, -0.05) is 12.1 Å². The molecule has 1 aromatic heterocycles. The highest BCUT2D eigenvalue weighted by Crippen LogP contribution is 2.30. The average Bonchev–Trinajstić information content (AvgIpc) is 2.38. The van der Waals surface area contributed by atoms with E-state index in [1.54, 1.807) is 17.8 Å². The van der Waals surface area contributed by atoms with Crippen molar-refractivity contribution < 1.29 is 9.84 Å². The molecule has 0 saturated heterocycles. The van der Waals surface area contributed by atoms with Gasteiger partial charge in [-0.25, -0.2) is 4.98 Å². The molecule has 0 aliphatic carbocycles. The van der Waals surface area contributed by atoms with Gasteiger partial charge in [-0.15, -0.1) is 11.8 Å². The van der Waals surface area contributed by atoms with E-state index in [-0.39, 0.29) is 6.61 Å². The fourth-order valence-corrected chi connectivity index (χ4v) is 2.19. The first-order chi connectivity index (χ1) is 8.72. The summed E-state index contributed by atoms with van der Waals surface area (Å²) < 4.78 is 5.78. The summed E-state index contributed by atoms with van der Waals surface area (Å²) in [4.78, 5) is 5.37. The molecule has 2 aromatic rings. The van der Waals surface area contributed by atoms with E-state index in [2.05, 4.69) is 4.98 Å². The number of hydrogen-bond acceptors (Lipinski definition) is 4. The maximum absolute atomic E-state index is 9.17. The molecule has 0 aliphatic heterocycles. The third-order valence-electron chi connectivity index (χ3n) is 2.46. The zero-order chi connectivity index (χ0) is 13.0. The van der Waals surface area contributed by atoms with Gasteiger partial charge in [0, 0.05) is 16.7 Å². The summed E-state index contributed by atoms with van der Waals surface area (Å²) >= 11 is 1.63. The Kier molecular flexibility index (Phi) is 4.23. The number of benzene rings is 1. The highest BCUT2D eigenvalue weighted by molar-refractivity contribution is 7.98. The molecule has 0 fully saturated rings. The average molecular weight is 261 g/mol. The van der Waals surface area contributed by atoms with Crippen molar-refractivity contribution in [1.29, 1.82) is 0 Å². The van der Waals surface area contributed by atoms with Crippen molar-refractivity contribution in [2.24, 2.45) is 0 Å². The van der Waals surface area contributed by atoms with E-state index >= 15 is 0 Å². The van der Waals surface area contributed by atoms with E-state index in [0.29, 0.717) is 5.88 Å². The summed E-state index contributed by atoms with van der Waals surface area (Å²) in [5.41, 5.74) is 1.64. The number of rotatable bonds is 4. The third-order valence-corrected chi connectivity index (χ3v) is 3.23.